The molecule has 4 nitrogen and oxygen atoms in total. The van der Waals surface area contributed by atoms with Gasteiger partial charge in [-0.1, -0.05) is 12.2 Å². The van der Waals surface area contributed by atoms with Crippen molar-refractivity contribution in [2.75, 3.05) is 32.4 Å². The number of rotatable bonds is 5. The second kappa shape index (κ2) is 5.80. The fourth-order valence-electron chi connectivity index (χ4n) is 1.98. The predicted octanol–water partition coefficient (Wildman–Crippen LogP) is 0.824. The molecule has 0 aliphatic carbocycles. The normalized spacial score (nSPS) is 23.2. The van der Waals surface area contributed by atoms with Gasteiger partial charge in [-0.3, -0.25) is 0 Å². The van der Waals surface area contributed by atoms with E-state index >= 15 is 0 Å². The third kappa shape index (κ3) is 4.63. The fraction of sp³-hybridized carbons (Fsp3) is 0.818. The fourth-order valence-corrected chi connectivity index (χ4v) is 2.93. The Morgan fingerprint density at radius 3 is 2.81 bits per heavy atom. The van der Waals surface area contributed by atoms with Gasteiger partial charge in [-0.05, 0) is 32.2 Å². The summed E-state index contributed by atoms with van der Waals surface area (Å²) in [4.78, 5) is 0. The van der Waals surface area contributed by atoms with Crippen molar-refractivity contribution in [2.24, 2.45) is 5.92 Å². The highest BCUT2D eigenvalue weighted by Crippen LogP contribution is 2.17. The van der Waals surface area contributed by atoms with Gasteiger partial charge in [0.15, 0.2) is 0 Å². The number of sulfonamides is 1. The summed E-state index contributed by atoms with van der Waals surface area (Å²) in [5.41, 5.74) is 1.11. The summed E-state index contributed by atoms with van der Waals surface area (Å²) in [7, 11) is -3.01. The zero-order valence-electron chi connectivity index (χ0n) is 10.2. The lowest BCUT2D eigenvalue weighted by atomic mass is 10.00. The Balaban J connectivity index is 2.36. The first-order valence-electron chi connectivity index (χ1n) is 5.70. The molecular weight excluding hydrogens is 224 g/mol. The molecule has 1 unspecified atom stereocenters. The molecule has 1 saturated heterocycles. The maximum absolute atomic E-state index is 11.4. The molecule has 0 saturated carbocycles. The van der Waals surface area contributed by atoms with Crippen LogP contribution in [0.4, 0.5) is 0 Å². The van der Waals surface area contributed by atoms with Gasteiger partial charge in [0, 0.05) is 19.6 Å². The highest BCUT2D eigenvalue weighted by molar-refractivity contribution is 7.88. The van der Waals surface area contributed by atoms with Crippen molar-refractivity contribution in [2.45, 2.75) is 19.8 Å². The molecule has 1 heterocycles. The Morgan fingerprint density at radius 1 is 1.56 bits per heavy atom. The van der Waals surface area contributed by atoms with Gasteiger partial charge in [-0.2, -0.15) is 0 Å². The molecule has 1 N–H and O–H groups in total. The van der Waals surface area contributed by atoms with Crippen molar-refractivity contribution in [3.63, 3.8) is 0 Å². The van der Waals surface area contributed by atoms with Crippen LogP contribution in [0.5, 0.6) is 0 Å². The number of hydrogen-bond acceptors (Lipinski definition) is 3. The summed E-state index contributed by atoms with van der Waals surface area (Å²) < 4.78 is 24.4. The van der Waals surface area contributed by atoms with E-state index < -0.39 is 10.0 Å². The Labute approximate surface area is 98.8 Å². The lowest BCUT2D eigenvalue weighted by Gasteiger charge is -2.31. The molecule has 1 fully saturated rings. The molecule has 0 spiro atoms. The average Bonchev–Trinajstić information content (AvgIpc) is 2.16. The first-order chi connectivity index (χ1) is 7.39. The van der Waals surface area contributed by atoms with E-state index in [2.05, 4.69) is 11.9 Å². The van der Waals surface area contributed by atoms with Crippen LogP contribution >= 0.6 is 0 Å². The lowest BCUT2D eigenvalue weighted by molar-refractivity contribution is 0.263. The molecule has 94 valence electrons. The van der Waals surface area contributed by atoms with Crippen molar-refractivity contribution in [3.05, 3.63) is 12.2 Å². The minimum Gasteiger partial charge on any atom is -0.313 e. The van der Waals surface area contributed by atoms with Gasteiger partial charge in [0.25, 0.3) is 0 Å². The summed E-state index contributed by atoms with van der Waals surface area (Å²) in [6, 6.07) is 0. The molecule has 1 atom stereocenters. The Bertz CT molecular complexity index is 338. The standard InChI is InChI=1S/C11H22N2O2S/c1-10(2)7-12-8-11-5-4-6-13(9-11)16(3,14)15/h11-12H,1,4-9H2,2-3H3. The average molecular weight is 246 g/mol. The van der Waals surface area contributed by atoms with Crippen LogP contribution in [0.25, 0.3) is 0 Å². The number of nitrogens with one attached hydrogen (secondary N) is 1. The molecule has 0 amide bonds. The van der Waals surface area contributed by atoms with E-state index in [1.165, 1.54) is 6.26 Å². The Morgan fingerprint density at radius 2 is 2.25 bits per heavy atom. The van der Waals surface area contributed by atoms with Crippen LogP contribution in [0.1, 0.15) is 19.8 Å². The monoisotopic (exact) mass is 246 g/mol. The predicted molar refractivity (Wildman–Crippen MR) is 66.8 cm³/mol. The van der Waals surface area contributed by atoms with E-state index in [1.54, 1.807) is 4.31 Å². The zero-order chi connectivity index (χ0) is 12.2. The number of piperidine rings is 1. The van der Waals surface area contributed by atoms with E-state index in [4.69, 9.17) is 0 Å². The van der Waals surface area contributed by atoms with Crippen molar-refractivity contribution in [1.82, 2.24) is 9.62 Å². The van der Waals surface area contributed by atoms with Gasteiger partial charge in [0.1, 0.15) is 0 Å². The van der Waals surface area contributed by atoms with E-state index in [-0.39, 0.29) is 0 Å². The molecular formula is C11H22N2O2S. The van der Waals surface area contributed by atoms with Gasteiger partial charge in [-0.25, -0.2) is 12.7 Å². The third-order valence-corrected chi connectivity index (χ3v) is 4.08. The van der Waals surface area contributed by atoms with Crippen LogP contribution in [0.2, 0.25) is 0 Å². The molecule has 0 radical (unpaired) electrons. The second-order valence-corrected chi connectivity index (χ2v) is 6.70. The maximum Gasteiger partial charge on any atom is 0.211 e. The van der Waals surface area contributed by atoms with Crippen LogP contribution in [0.15, 0.2) is 12.2 Å². The van der Waals surface area contributed by atoms with Crippen LogP contribution in [0, 0.1) is 5.92 Å². The largest absolute Gasteiger partial charge is 0.313 e. The van der Waals surface area contributed by atoms with Gasteiger partial charge >= 0.3 is 0 Å². The first-order valence-corrected chi connectivity index (χ1v) is 7.54. The van der Waals surface area contributed by atoms with Crippen molar-refractivity contribution in [1.29, 1.82) is 0 Å². The van der Waals surface area contributed by atoms with Crippen LogP contribution in [0.3, 0.4) is 0 Å². The SMILES string of the molecule is C=C(C)CNCC1CCCN(S(C)(=O)=O)C1. The van der Waals surface area contributed by atoms with Crippen molar-refractivity contribution >= 4 is 10.0 Å². The highest BCUT2D eigenvalue weighted by Gasteiger charge is 2.25. The minimum absolute atomic E-state index is 0.433. The molecule has 5 heteroatoms. The van der Waals surface area contributed by atoms with Crippen molar-refractivity contribution in [3.8, 4) is 0 Å². The summed E-state index contributed by atoms with van der Waals surface area (Å²) >= 11 is 0. The lowest BCUT2D eigenvalue weighted by Crippen LogP contribution is -2.42. The van der Waals surface area contributed by atoms with E-state index in [1.807, 2.05) is 6.92 Å². The molecule has 0 aromatic heterocycles. The summed E-state index contributed by atoms with van der Waals surface area (Å²) in [6.07, 6.45) is 3.36. The van der Waals surface area contributed by atoms with Gasteiger partial charge in [-0.15, -0.1) is 0 Å². The topological polar surface area (TPSA) is 49.4 Å². The zero-order valence-corrected chi connectivity index (χ0v) is 11.0. The number of hydrogen-bond donors (Lipinski definition) is 1. The summed E-state index contributed by atoms with van der Waals surface area (Å²) in [6.45, 7) is 8.83. The third-order valence-electron chi connectivity index (χ3n) is 2.81. The summed E-state index contributed by atoms with van der Waals surface area (Å²) in [5.74, 6) is 0.433. The van der Waals surface area contributed by atoms with Gasteiger partial charge < -0.3 is 5.32 Å². The first kappa shape index (κ1) is 13.7. The summed E-state index contributed by atoms with van der Waals surface area (Å²) in [5, 5.41) is 3.31. The Kier molecular flexibility index (Phi) is 4.95. The smallest absolute Gasteiger partial charge is 0.211 e. The molecule has 1 aliphatic rings. The molecule has 16 heavy (non-hydrogen) atoms. The molecule has 1 aliphatic heterocycles. The van der Waals surface area contributed by atoms with E-state index in [0.717, 1.165) is 31.5 Å². The maximum atomic E-state index is 11.4. The molecule has 0 aromatic rings. The van der Waals surface area contributed by atoms with Crippen LogP contribution in [-0.4, -0.2) is 45.2 Å². The highest BCUT2D eigenvalue weighted by atomic mass is 32.2. The van der Waals surface area contributed by atoms with Gasteiger partial charge in [0.2, 0.25) is 10.0 Å². The Hall–Kier alpha value is -0.390. The number of nitrogens with zero attached hydrogens (tertiary/aromatic N) is 1. The minimum atomic E-state index is -3.01. The van der Waals surface area contributed by atoms with E-state index in [9.17, 15) is 8.42 Å². The van der Waals surface area contributed by atoms with Crippen LogP contribution < -0.4 is 5.32 Å². The quantitative estimate of drug-likeness (QED) is 0.731. The molecule has 0 bridgehead atoms. The van der Waals surface area contributed by atoms with Gasteiger partial charge in [0.05, 0.1) is 6.26 Å². The van der Waals surface area contributed by atoms with Crippen molar-refractivity contribution < 1.29 is 8.42 Å². The van der Waals surface area contributed by atoms with Crippen LogP contribution in [-0.2, 0) is 10.0 Å². The van der Waals surface area contributed by atoms with E-state index in [0.29, 0.717) is 19.0 Å². The second-order valence-electron chi connectivity index (χ2n) is 4.72. The molecule has 0 aromatic carbocycles. The molecule has 1 rings (SSSR count).